The second-order valence-corrected chi connectivity index (χ2v) is 10.1. The van der Waals surface area contributed by atoms with E-state index in [9.17, 15) is 0 Å². The quantitative estimate of drug-likeness (QED) is 0.363. The molecule has 0 saturated heterocycles. The maximum absolute atomic E-state index is 6.37. The van der Waals surface area contributed by atoms with E-state index in [2.05, 4.69) is 30.9 Å². The van der Waals surface area contributed by atoms with Gasteiger partial charge in [-0.05, 0) is 55.9 Å². The third-order valence-electron chi connectivity index (χ3n) is 7.57. The number of hydrogen-bond acceptors (Lipinski definition) is 8. The summed E-state index contributed by atoms with van der Waals surface area (Å²) in [7, 11) is 0. The van der Waals surface area contributed by atoms with Gasteiger partial charge in [0.2, 0.25) is 5.95 Å². The minimum absolute atomic E-state index is 0.232. The summed E-state index contributed by atoms with van der Waals surface area (Å²) in [5.74, 6) is 2.39. The van der Waals surface area contributed by atoms with E-state index in [0.717, 1.165) is 72.5 Å². The van der Waals surface area contributed by atoms with Gasteiger partial charge in [0.25, 0.3) is 0 Å². The second kappa shape index (κ2) is 9.81. The largest absolute Gasteiger partial charge is 0.368 e. The van der Waals surface area contributed by atoms with Crippen molar-refractivity contribution in [2.75, 3.05) is 11.1 Å². The van der Waals surface area contributed by atoms with Gasteiger partial charge in [0.05, 0.1) is 11.4 Å². The first-order chi connectivity index (χ1) is 17.7. The van der Waals surface area contributed by atoms with Crippen molar-refractivity contribution in [2.24, 2.45) is 5.73 Å². The molecule has 0 radical (unpaired) electrons. The van der Waals surface area contributed by atoms with Gasteiger partial charge < -0.3 is 21.4 Å². The number of pyridine rings is 2. The Morgan fingerprint density at radius 1 is 0.917 bits per heavy atom. The van der Waals surface area contributed by atoms with Crippen LogP contribution >= 0.6 is 0 Å². The molecule has 2 fully saturated rings. The van der Waals surface area contributed by atoms with Crippen molar-refractivity contribution in [3.05, 3.63) is 54.1 Å². The van der Waals surface area contributed by atoms with E-state index >= 15 is 0 Å². The van der Waals surface area contributed by atoms with E-state index in [0.29, 0.717) is 24.3 Å². The SMILES string of the molecule is Nc1nc(NCc2ccc(-c3ccccn3)nc2)c2nc(C3CCCC(N)C3)n(C3CCCC3)c2n1. The molecule has 2 aliphatic carbocycles. The summed E-state index contributed by atoms with van der Waals surface area (Å²) in [6.45, 7) is 0.557. The zero-order valence-electron chi connectivity index (χ0n) is 20.5. The van der Waals surface area contributed by atoms with E-state index in [1.54, 1.807) is 6.20 Å². The molecule has 4 aromatic rings. The lowest BCUT2D eigenvalue weighted by Gasteiger charge is -2.28. The van der Waals surface area contributed by atoms with Crippen LogP contribution in [0.4, 0.5) is 11.8 Å². The maximum atomic E-state index is 6.37. The number of nitrogens with one attached hydrogen (secondary N) is 1. The van der Waals surface area contributed by atoms with E-state index in [1.165, 1.54) is 12.8 Å². The lowest BCUT2D eigenvalue weighted by molar-refractivity contribution is 0.364. The normalized spacial score (nSPS) is 20.7. The highest BCUT2D eigenvalue weighted by atomic mass is 15.2. The summed E-state index contributed by atoms with van der Waals surface area (Å²) in [6.07, 6.45) is 12.7. The molecule has 0 amide bonds. The molecule has 9 nitrogen and oxygen atoms in total. The van der Waals surface area contributed by atoms with Crippen LogP contribution in [-0.2, 0) is 6.54 Å². The van der Waals surface area contributed by atoms with Crippen LogP contribution in [0.25, 0.3) is 22.6 Å². The molecule has 2 saturated carbocycles. The predicted octanol–water partition coefficient (Wildman–Crippen LogP) is 4.58. The number of nitrogen functional groups attached to an aromatic ring is 1. The molecule has 2 unspecified atom stereocenters. The van der Waals surface area contributed by atoms with Crippen molar-refractivity contribution in [2.45, 2.75) is 75.9 Å². The average Bonchev–Trinajstić information content (AvgIpc) is 3.56. The van der Waals surface area contributed by atoms with Crippen LogP contribution in [0.3, 0.4) is 0 Å². The first-order valence-electron chi connectivity index (χ1n) is 13.1. The van der Waals surface area contributed by atoms with Crippen LogP contribution in [-0.4, -0.2) is 35.5 Å². The first-order valence-corrected chi connectivity index (χ1v) is 13.1. The van der Waals surface area contributed by atoms with E-state index in [4.69, 9.17) is 21.4 Å². The van der Waals surface area contributed by atoms with Gasteiger partial charge in [-0.3, -0.25) is 9.97 Å². The number of aromatic nitrogens is 6. The van der Waals surface area contributed by atoms with E-state index < -0.39 is 0 Å². The van der Waals surface area contributed by atoms with Crippen molar-refractivity contribution >= 4 is 22.9 Å². The highest BCUT2D eigenvalue weighted by molar-refractivity contribution is 5.85. The third-order valence-corrected chi connectivity index (χ3v) is 7.57. The van der Waals surface area contributed by atoms with Crippen LogP contribution in [0.1, 0.15) is 74.7 Å². The molecule has 2 atom stereocenters. The Hall–Kier alpha value is -3.59. The van der Waals surface area contributed by atoms with Gasteiger partial charge in [0.15, 0.2) is 17.0 Å². The summed E-state index contributed by atoms with van der Waals surface area (Å²) in [4.78, 5) is 23.4. The molecule has 0 spiro atoms. The maximum Gasteiger partial charge on any atom is 0.224 e. The average molecular weight is 484 g/mol. The Balaban J connectivity index is 1.31. The molecule has 5 N–H and O–H groups in total. The summed E-state index contributed by atoms with van der Waals surface area (Å²) >= 11 is 0. The number of anilines is 2. The summed E-state index contributed by atoms with van der Waals surface area (Å²) < 4.78 is 2.37. The minimum Gasteiger partial charge on any atom is -0.368 e. The molecule has 0 bridgehead atoms. The van der Waals surface area contributed by atoms with Crippen LogP contribution in [0.15, 0.2) is 42.7 Å². The van der Waals surface area contributed by atoms with Crippen molar-refractivity contribution in [3.63, 3.8) is 0 Å². The summed E-state index contributed by atoms with van der Waals surface area (Å²) in [6, 6.07) is 10.5. The van der Waals surface area contributed by atoms with Crippen molar-refractivity contribution in [1.82, 2.24) is 29.5 Å². The second-order valence-electron chi connectivity index (χ2n) is 10.1. The third kappa shape index (κ3) is 4.51. The van der Waals surface area contributed by atoms with E-state index in [1.807, 2.05) is 30.5 Å². The van der Waals surface area contributed by atoms with Gasteiger partial charge in [-0.25, -0.2) is 4.98 Å². The van der Waals surface area contributed by atoms with Crippen LogP contribution in [0.5, 0.6) is 0 Å². The number of rotatable bonds is 6. The van der Waals surface area contributed by atoms with E-state index in [-0.39, 0.29) is 12.0 Å². The van der Waals surface area contributed by atoms with Gasteiger partial charge in [-0.2, -0.15) is 9.97 Å². The highest BCUT2D eigenvalue weighted by Gasteiger charge is 2.31. The Morgan fingerprint density at radius 3 is 2.53 bits per heavy atom. The summed E-state index contributed by atoms with van der Waals surface area (Å²) in [5.41, 5.74) is 17.0. The Morgan fingerprint density at radius 2 is 1.78 bits per heavy atom. The molecule has 186 valence electrons. The highest BCUT2D eigenvalue weighted by Crippen LogP contribution is 2.40. The van der Waals surface area contributed by atoms with Crippen LogP contribution in [0.2, 0.25) is 0 Å². The number of fused-ring (bicyclic) bond motifs is 1. The number of hydrogen-bond donors (Lipinski definition) is 3. The zero-order chi connectivity index (χ0) is 24.5. The molecular weight excluding hydrogens is 450 g/mol. The lowest BCUT2D eigenvalue weighted by atomic mass is 9.85. The molecular formula is C27H33N9. The van der Waals surface area contributed by atoms with Gasteiger partial charge in [-0.15, -0.1) is 0 Å². The standard InChI is InChI=1S/C27H33N9/c28-19-7-5-6-18(14-19)25-33-23-24(34-27(29)35-26(23)36(25)20-8-1-2-9-20)32-16-17-11-12-22(31-15-17)21-10-3-4-13-30-21/h3-4,10-13,15,18-20H,1-2,5-9,14,16,28H2,(H3,29,32,34,35). The Bertz CT molecular complexity index is 1330. The van der Waals surface area contributed by atoms with Gasteiger partial charge in [0, 0.05) is 36.9 Å². The monoisotopic (exact) mass is 483 g/mol. The molecule has 0 aliphatic heterocycles. The smallest absolute Gasteiger partial charge is 0.224 e. The van der Waals surface area contributed by atoms with Crippen LogP contribution < -0.4 is 16.8 Å². The molecule has 4 heterocycles. The molecule has 6 rings (SSSR count). The minimum atomic E-state index is 0.232. The Labute approximate surface area is 210 Å². The topological polar surface area (TPSA) is 133 Å². The van der Waals surface area contributed by atoms with Gasteiger partial charge >= 0.3 is 0 Å². The lowest BCUT2D eigenvalue weighted by Crippen LogP contribution is -2.28. The van der Waals surface area contributed by atoms with Gasteiger partial charge in [0.1, 0.15) is 5.82 Å². The van der Waals surface area contributed by atoms with Crippen molar-refractivity contribution in [3.8, 4) is 11.4 Å². The fraction of sp³-hybridized carbons (Fsp3) is 0.444. The van der Waals surface area contributed by atoms with Gasteiger partial charge in [-0.1, -0.05) is 31.4 Å². The van der Waals surface area contributed by atoms with Crippen LogP contribution in [0, 0.1) is 0 Å². The molecule has 4 aromatic heterocycles. The fourth-order valence-electron chi connectivity index (χ4n) is 5.78. The first kappa shape index (κ1) is 22.8. The molecule has 36 heavy (non-hydrogen) atoms. The number of imidazole rings is 1. The summed E-state index contributed by atoms with van der Waals surface area (Å²) in [5, 5.41) is 3.46. The zero-order valence-corrected chi connectivity index (χ0v) is 20.5. The van der Waals surface area contributed by atoms with Crippen molar-refractivity contribution in [1.29, 1.82) is 0 Å². The number of nitrogens with two attached hydrogens (primary N) is 2. The fourth-order valence-corrected chi connectivity index (χ4v) is 5.78. The molecule has 9 heteroatoms. The molecule has 2 aliphatic rings. The van der Waals surface area contributed by atoms with Crippen molar-refractivity contribution < 1.29 is 0 Å². The predicted molar refractivity (Wildman–Crippen MR) is 141 cm³/mol. The molecule has 0 aromatic carbocycles. The Kier molecular flexibility index (Phi) is 6.23. The number of nitrogens with zero attached hydrogens (tertiary/aromatic N) is 6.